The monoisotopic (exact) mass is 589 g/mol. The molecular formula is C33H36FN3O4S. The number of carbonyl (C=O) groups is 1. The Labute approximate surface area is 246 Å². The smallest absolute Gasteiger partial charge is 0.255 e. The number of nitrogens with zero attached hydrogens (tertiary/aromatic N) is 1. The summed E-state index contributed by atoms with van der Waals surface area (Å²) >= 11 is 0. The molecule has 0 spiro atoms. The zero-order valence-electron chi connectivity index (χ0n) is 23.6. The van der Waals surface area contributed by atoms with Gasteiger partial charge in [-0.25, -0.2) is 17.9 Å². The largest absolute Gasteiger partial charge is 0.507 e. The molecule has 3 aliphatic carbocycles. The molecular weight excluding hydrogens is 553 g/mol. The highest BCUT2D eigenvalue weighted by atomic mass is 32.2. The second-order valence-corrected chi connectivity index (χ2v) is 14.0. The highest BCUT2D eigenvalue weighted by Gasteiger charge is 2.52. The van der Waals surface area contributed by atoms with Crippen LogP contribution in [0.5, 0.6) is 5.75 Å². The summed E-state index contributed by atoms with van der Waals surface area (Å²) in [6.07, 6.45) is 10.3. The standard InChI is InChI=1S/C33H36FN3O4S/c1-33-14-12-25-24-8-7-21(31(42(35,40)41)13-15-37-32(39)27-4-2-3-5-30(27)38)16-20(24)6-9-26(25)29(33)11-10-28(33)22-17-23(34)19-36-18-22/h2-5,7-8,10,16-19,25-26,29,31,38H,6,9,11-15H2,1H3,(H,37,39)(H2,35,40,41)/t25-,26-,29+,31?,33-/m1/s1. The topological polar surface area (TPSA) is 122 Å². The summed E-state index contributed by atoms with van der Waals surface area (Å²) < 4.78 is 39.3. The number of aromatic hydroxyl groups is 1. The van der Waals surface area contributed by atoms with Crippen molar-refractivity contribution in [1.82, 2.24) is 10.3 Å². The predicted octanol–water partition coefficient (Wildman–Crippen LogP) is 5.63. The number of allylic oxidation sites excluding steroid dienone is 2. The lowest BCUT2D eigenvalue weighted by Crippen LogP contribution is -2.41. The van der Waals surface area contributed by atoms with E-state index in [9.17, 15) is 22.7 Å². The van der Waals surface area contributed by atoms with Crippen LogP contribution in [0.1, 0.15) is 82.8 Å². The molecule has 0 radical (unpaired) electrons. The molecule has 0 aliphatic heterocycles. The van der Waals surface area contributed by atoms with Crippen LogP contribution in [0, 0.1) is 23.1 Å². The minimum absolute atomic E-state index is 0.0201. The van der Waals surface area contributed by atoms with Crippen molar-refractivity contribution in [2.45, 2.75) is 56.6 Å². The third kappa shape index (κ3) is 5.13. The molecule has 1 saturated carbocycles. The molecule has 220 valence electrons. The molecule has 42 heavy (non-hydrogen) atoms. The average molecular weight is 590 g/mol. The van der Waals surface area contributed by atoms with Crippen LogP contribution in [0.15, 0.2) is 67.0 Å². The number of halogens is 1. The lowest BCUT2D eigenvalue weighted by atomic mass is 9.54. The van der Waals surface area contributed by atoms with E-state index in [2.05, 4.69) is 29.4 Å². The molecule has 9 heteroatoms. The number of phenolic OH excluding ortho intramolecular Hbond substituents is 1. The van der Waals surface area contributed by atoms with E-state index in [1.54, 1.807) is 24.4 Å². The predicted molar refractivity (Wildman–Crippen MR) is 160 cm³/mol. The zero-order valence-corrected chi connectivity index (χ0v) is 24.4. The fourth-order valence-corrected chi connectivity index (χ4v) is 8.95. The second kappa shape index (κ2) is 10.9. The van der Waals surface area contributed by atoms with Gasteiger partial charge in [-0.1, -0.05) is 43.3 Å². The number of nitrogens with two attached hydrogens (primary N) is 1. The minimum Gasteiger partial charge on any atom is -0.507 e. The van der Waals surface area contributed by atoms with E-state index in [0.29, 0.717) is 23.3 Å². The number of para-hydroxylation sites is 1. The van der Waals surface area contributed by atoms with E-state index < -0.39 is 21.2 Å². The molecule has 1 fully saturated rings. The van der Waals surface area contributed by atoms with Crippen molar-refractivity contribution in [2.24, 2.45) is 22.4 Å². The summed E-state index contributed by atoms with van der Waals surface area (Å²) in [7, 11) is -3.93. The number of nitrogens with one attached hydrogen (secondary N) is 1. The van der Waals surface area contributed by atoms with Gasteiger partial charge in [-0.3, -0.25) is 9.78 Å². The summed E-state index contributed by atoms with van der Waals surface area (Å²) in [6, 6.07) is 13.8. The van der Waals surface area contributed by atoms with Crippen molar-refractivity contribution in [3.63, 3.8) is 0 Å². The van der Waals surface area contributed by atoms with E-state index in [-0.39, 0.29) is 35.5 Å². The molecule has 6 rings (SSSR count). The van der Waals surface area contributed by atoms with Gasteiger partial charge >= 0.3 is 0 Å². The van der Waals surface area contributed by atoms with Gasteiger partial charge in [0.1, 0.15) is 16.8 Å². The van der Waals surface area contributed by atoms with Gasteiger partial charge < -0.3 is 10.4 Å². The lowest BCUT2D eigenvalue weighted by molar-refractivity contribution is 0.0885. The fraction of sp³-hybridized carbons (Fsp3) is 0.394. The Kier molecular flexibility index (Phi) is 7.43. The number of aromatic nitrogens is 1. The van der Waals surface area contributed by atoms with Crippen molar-refractivity contribution in [1.29, 1.82) is 0 Å². The number of primary sulfonamides is 1. The molecule has 0 saturated heterocycles. The van der Waals surface area contributed by atoms with Crippen LogP contribution in [-0.4, -0.2) is 31.0 Å². The fourth-order valence-electron chi connectivity index (χ4n) is 7.97. The molecule has 5 atom stereocenters. The van der Waals surface area contributed by atoms with E-state index >= 15 is 0 Å². The van der Waals surface area contributed by atoms with Gasteiger partial charge in [-0.15, -0.1) is 0 Å². The molecule has 0 bridgehead atoms. The number of aryl methyl sites for hydroxylation is 1. The van der Waals surface area contributed by atoms with Gasteiger partial charge in [0.25, 0.3) is 5.91 Å². The molecule has 1 unspecified atom stereocenters. The Morgan fingerprint density at radius 3 is 2.76 bits per heavy atom. The number of rotatable bonds is 7. The van der Waals surface area contributed by atoms with E-state index in [4.69, 9.17) is 5.14 Å². The van der Waals surface area contributed by atoms with Crippen molar-refractivity contribution in [2.75, 3.05) is 6.54 Å². The van der Waals surface area contributed by atoms with Gasteiger partial charge in [0.2, 0.25) is 10.0 Å². The van der Waals surface area contributed by atoms with Gasteiger partial charge in [-0.2, -0.15) is 0 Å². The van der Waals surface area contributed by atoms with E-state index in [1.165, 1.54) is 35.0 Å². The number of amides is 1. The van der Waals surface area contributed by atoms with E-state index in [1.807, 2.05) is 12.1 Å². The van der Waals surface area contributed by atoms with Gasteiger partial charge in [0.05, 0.1) is 11.8 Å². The van der Waals surface area contributed by atoms with Crippen molar-refractivity contribution < 1.29 is 22.7 Å². The van der Waals surface area contributed by atoms with Crippen LogP contribution in [0.4, 0.5) is 4.39 Å². The number of benzene rings is 2. The molecule has 4 N–H and O–H groups in total. The molecule has 1 amide bonds. The van der Waals surface area contributed by atoms with Crippen molar-refractivity contribution in [3.8, 4) is 5.75 Å². The Hall–Kier alpha value is -3.56. The van der Waals surface area contributed by atoms with Crippen LogP contribution in [0.25, 0.3) is 5.57 Å². The van der Waals surface area contributed by atoms with Gasteiger partial charge in [0, 0.05) is 12.7 Å². The van der Waals surface area contributed by atoms with Crippen LogP contribution in [-0.2, 0) is 16.4 Å². The maximum absolute atomic E-state index is 14.0. The molecule has 3 aromatic rings. The second-order valence-electron chi connectivity index (χ2n) is 12.2. The Balaban J connectivity index is 1.18. The number of sulfonamides is 1. The van der Waals surface area contributed by atoms with Crippen LogP contribution < -0.4 is 10.5 Å². The molecule has 1 heterocycles. The summed E-state index contributed by atoms with van der Waals surface area (Å²) in [5, 5.41) is 17.4. The third-order valence-corrected chi connectivity index (χ3v) is 11.3. The maximum atomic E-state index is 14.0. The first-order chi connectivity index (χ1) is 20.1. The first-order valence-corrected chi connectivity index (χ1v) is 16.2. The highest BCUT2D eigenvalue weighted by molar-refractivity contribution is 7.89. The number of phenols is 1. The number of fused-ring (bicyclic) bond motifs is 5. The normalized spacial score (nSPS) is 25.5. The Bertz CT molecular complexity index is 1670. The number of hydrogen-bond donors (Lipinski definition) is 3. The van der Waals surface area contributed by atoms with Gasteiger partial charge in [-0.05, 0) is 108 Å². The average Bonchev–Trinajstić information content (AvgIpc) is 3.31. The van der Waals surface area contributed by atoms with Crippen LogP contribution in [0.3, 0.4) is 0 Å². The van der Waals surface area contributed by atoms with Crippen LogP contribution >= 0.6 is 0 Å². The molecule has 2 aromatic carbocycles. The SMILES string of the molecule is C[C@]12CC[C@@H]3c4ccc(C(CCNC(=O)c5ccccc5O)S(N)(=O)=O)cc4CC[C@H]3[C@@H]1CC=C2c1cncc(F)c1. The highest BCUT2D eigenvalue weighted by Crippen LogP contribution is 2.63. The number of hydrogen-bond acceptors (Lipinski definition) is 5. The Morgan fingerprint density at radius 1 is 1.19 bits per heavy atom. The summed E-state index contributed by atoms with van der Waals surface area (Å²) in [6.45, 7) is 2.41. The lowest BCUT2D eigenvalue weighted by Gasteiger charge is -2.50. The summed E-state index contributed by atoms with van der Waals surface area (Å²) in [5.41, 5.74) is 5.30. The molecule has 7 nitrogen and oxygen atoms in total. The molecule has 3 aliphatic rings. The maximum Gasteiger partial charge on any atom is 0.255 e. The summed E-state index contributed by atoms with van der Waals surface area (Å²) in [5.74, 6) is 0.435. The van der Waals surface area contributed by atoms with E-state index in [0.717, 1.165) is 37.7 Å². The summed E-state index contributed by atoms with van der Waals surface area (Å²) in [4.78, 5) is 16.6. The quantitative estimate of drug-likeness (QED) is 0.330. The Morgan fingerprint density at radius 2 is 2.00 bits per heavy atom. The molecule has 1 aromatic heterocycles. The van der Waals surface area contributed by atoms with Crippen LogP contribution in [0.2, 0.25) is 0 Å². The van der Waals surface area contributed by atoms with Crippen molar-refractivity contribution in [3.05, 3.63) is 101 Å². The van der Waals surface area contributed by atoms with Gasteiger partial charge in [0.15, 0.2) is 0 Å². The minimum atomic E-state index is -3.93. The third-order valence-electron chi connectivity index (χ3n) is 9.96. The number of pyridine rings is 1. The number of carbonyl (C=O) groups excluding carboxylic acids is 1. The first kappa shape index (κ1) is 28.6. The zero-order chi connectivity index (χ0) is 29.6. The first-order valence-electron chi connectivity index (χ1n) is 14.6. The van der Waals surface area contributed by atoms with Crippen molar-refractivity contribution >= 4 is 21.5 Å².